The number of oxazole rings is 1. The molecule has 0 saturated heterocycles. The Morgan fingerprint density at radius 1 is 1.25 bits per heavy atom. The molecule has 0 saturated carbocycles. The summed E-state index contributed by atoms with van der Waals surface area (Å²) in [6.45, 7) is 9.79. The molecule has 1 unspecified atom stereocenters. The lowest BCUT2D eigenvalue weighted by molar-refractivity contribution is 0.212. The Labute approximate surface area is 119 Å². The van der Waals surface area contributed by atoms with Crippen LogP contribution in [0, 0.1) is 18.3 Å². The first-order valence-electron chi connectivity index (χ1n) is 7.30. The number of aryl methyl sites for hydroxylation is 2. The number of hydrogen-bond acceptors (Lipinski definition) is 4. The fourth-order valence-corrected chi connectivity index (χ4v) is 3.01. The summed E-state index contributed by atoms with van der Waals surface area (Å²) in [5.41, 5.74) is 1.14. The van der Waals surface area contributed by atoms with Crippen molar-refractivity contribution in [2.24, 2.45) is 11.3 Å². The molecule has 5 nitrogen and oxygen atoms in total. The smallest absolute Gasteiger partial charge is 0.191 e. The number of rotatable bonds is 1. The van der Waals surface area contributed by atoms with Crippen molar-refractivity contribution in [3.8, 4) is 11.5 Å². The van der Waals surface area contributed by atoms with Gasteiger partial charge in [-0.05, 0) is 24.2 Å². The van der Waals surface area contributed by atoms with E-state index in [2.05, 4.69) is 40.5 Å². The van der Waals surface area contributed by atoms with Crippen LogP contribution in [0.15, 0.2) is 10.7 Å². The molecule has 3 rings (SSSR count). The van der Waals surface area contributed by atoms with Gasteiger partial charge >= 0.3 is 0 Å². The van der Waals surface area contributed by atoms with Crippen LogP contribution in [0.2, 0.25) is 0 Å². The molecule has 1 atom stereocenters. The highest BCUT2D eigenvalue weighted by atomic mass is 16.3. The minimum absolute atomic E-state index is 0.349. The molecular formula is C15H22N4O. The monoisotopic (exact) mass is 274 g/mol. The Morgan fingerprint density at radius 2 is 2.05 bits per heavy atom. The highest BCUT2D eigenvalue weighted by Gasteiger charge is 2.28. The van der Waals surface area contributed by atoms with Crippen molar-refractivity contribution in [2.75, 3.05) is 0 Å². The predicted molar refractivity (Wildman–Crippen MR) is 76.1 cm³/mol. The van der Waals surface area contributed by atoms with Gasteiger partial charge in [0.15, 0.2) is 11.7 Å². The van der Waals surface area contributed by atoms with E-state index in [1.807, 2.05) is 6.92 Å². The highest BCUT2D eigenvalue weighted by molar-refractivity contribution is 5.47. The molecule has 0 amide bonds. The fourth-order valence-electron chi connectivity index (χ4n) is 3.01. The minimum Gasteiger partial charge on any atom is -0.449 e. The lowest BCUT2D eigenvalue weighted by Crippen LogP contribution is -2.21. The van der Waals surface area contributed by atoms with Gasteiger partial charge in [0.25, 0.3) is 0 Å². The van der Waals surface area contributed by atoms with E-state index >= 15 is 0 Å². The van der Waals surface area contributed by atoms with Crippen LogP contribution in [-0.4, -0.2) is 19.7 Å². The molecule has 2 aromatic heterocycles. The van der Waals surface area contributed by atoms with Crippen LogP contribution in [0.4, 0.5) is 0 Å². The van der Waals surface area contributed by atoms with E-state index in [1.165, 1.54) is 12.8 Å². The molecule has 0 N–H and O–H groups in total. The SMILES string of the molecule is Cc1nc(-c2nnc3n2CCC(C(C)(C)C)CC3)co1. The maximum Gasteiger partial charge on any atom is 0.191 e. The molecule has 108 valence electrons. The van der Waals surface area contributed by atoms with Gasteiger partial charge in [0.1, 0.15) is 17.8 Å². The summed E-state index contributed by atoms with van der Waals surface area (Å²) in [5, 5.41) is 8.65. The molecule has 0 aliphatic carbocycles. The number of fused-ring (bicyclic) bond motifs is 1. The molecule has 5 heteroatoms. The van der Waals surface area contributed by atoms with Gasteiger partial charge < -0.3 is 8.98 Å². The Bertz CT molecular complexity index is 606. The van der Waals surface area contributed by atoms with E-state index < -0.39 is 0 Å². The molecular weight excluding hydrogens is 252 g/mol. The van der Waals surface area contributed by atoms with Gasteiger partial charge in [-0.15, -0.1) is 10.2 Å². The van der Waals surface area contributed by atoms with Gasteiger partial charge in [-0.2, -0.15) is 0 Å². The summed E-state index contributed by atoms with van der Waals surface area (Å²) in [7, 11) is 0. The molecule has 0 spiro atoms. The fraction of sp³-hybridized carbons (Fsp3) is 0.667. The lowest BCUT2D eigenvalue weighted by atomic mass is 9.76. The van der Waals surface area contributed by atoms with Crippen LogP contribution in [0.1, 0.15) is 45.3 Å². The highest BCUT2D eigenvalue weighted by Crippen LogP contribution is 2.35. The van der Waals surface area contributed by atoms with Gasteiger partial charge in [-0.25, -0.2) is 4.98 Å². The van der Waals surface area contributed by atoms with Gasteiger partial charge in [0.2, 0.25) is 0 Å². The van der Waals surface area contributed by atoms with Crippen molar-refractivity contribution >= 4 is 0 Å². The number of aromatic nitrogens is 4. The molecule has 0 bridgehead atoms. The predicted octanol–water partition coefficient (Wildman–Crippen LogP) is 3.24. The summed E-state index contributed by atoms with van der Waals surface area (Å²) in [4.78, 5) is 4.37. The van der Waals surface area contributed by atoms with Crippen molar-refractivity contribution in [1.29, 1.82) is 0 Å². The molecule has 1 aliphatic heterocycles. The quantitative estimate of drug-likeness (QED) is 0.801. The maximum absolute atomic E-state index is 5.29. The first-order valence-corrected chi connectivity index (χ1v) is 7.30. The average molecular weight is 274 g/mol. The minimum atomic E-state index is 0.349. The third-order valence-corrected chi connectivity index (χ3v) is 4.32. The van der Waals surface area contributed by atoms with E-state index in [1.54, 1.807) is 6.26 Å². The first-order chi connectivity index (χ1) is 9.45. The standard InChI is InChI=1S/C15H22N4O/c1-10-16-12(9-20-10)14-18-17-13-6-5-11(15(2,3)4)7-8-19(13)14/h9,11H,5-8H2,1-4H3. The van der Waals surface area contributed by atoms with E-state index in [-0.39, 0.29) is 0 Å². The van der Waals surface area contributed by atoms with Gasteiger partial charge in [-0.3, -0.25) is 0 Å². The van der Waals surface area contributed by atoms with E-state index in [0.29, 0.717) is 11.3 Å². The van der Waals surface area contributed by atoms with E-state index in [0.717, 1.165) is 36.2 Å². The van der Waals surface area contributed by atoms with Crippen LogP contribution < -0.4 is 0 Å². The normalized spacial score (nSPS) is 19.7. The van der Waals surface area contributed by atoms with Crippen LogP contribution in [0.5, 0.6) is 0 Å². The van der Waals surface area contributed by atoms with Gasteiger partial charge in [0, 0.05) is 19.9 Å². The molecule has 0 aromatic carbocycles. The van der Waals surface area contributed by atoms with E-state index in [4.69, 9.17) is 4.42 Å². The van der Waals surface area contributed by atoms with Crippen molar-refractivity contribution < 1.29 is 4.42 Å². The van der Waals surface area contributed by atoms with Gasteiger partial charge in [0.05, 0.1) is 0 Å². The summed E-state index contributed by atoms with van der Waals surface area (Å²) >= 11 is 0. The Balaban J connectivity index is 1.89. The Kier molecular flexibility index (Phi) is 3.15. The van der Waals surface area contributed by atoms with Crippen LogP contribution in [-0.2, 0) is 13.0 Å². The summed E-state index contributed by atoms with van der Waals surface area (Å²) in [6.07, 6.45) is 5.00. The summed E-state index contributed by atoms with van der Waals surface area (Å²) in [6, 6.07) is 0. The molecule has 0 radical (unpaired) electrons. The zero-order valence-electron chi connectivity index (χ0n) is 12.7. The van der Waals surface area contributed by atoms with E-state index in [9.17, 15) is 0 Å². The van der Waals surface area contributed by atoms with Crippen LogP contribution in [0.25, 0.3) is 11.5 Å². The number of nitrogens with zero attached hydrogens (tertiary/aromatic N) is 4. The number of hydrogen-bond donors (Lipinski definition) is 0. The zero-order valence-corrected chi connectivity index (χ0v) is 12.7. The second kappa shape index (κ2) is 4.72. The summed E-state index contributed by atoms with van der Waals surface area (Å²) < 4.78 is 7.51. The van der Waals surface area contributed by atoms with Crippen molar-refractivity contribution in [1.82, 2.24) is 19.7 Å². The van der Waals surface area contributed by atoms with Crippen molar-refractivity contribution in [2.45, 2.75) is 53.5 Å². The molecule has 1 aliphatic rings. The lowest BCUT2D eigenvalue weighted by Gasteiger charge is -2.29. The van der Waals surface area contributed by atoms with Crippen LogP contribution >= 0.6 is 0 Å². The topological polar surface area (TPSA) is 56.7 Å². The second-order valence-corrected chi connectivity index (χ2v) is 6.73. The Hall–Kier alpha value is -1.65. The maximum atomic E-state index is 5.29. The van der Waals surface area contributed by atoms with Gasteiger partial charge in [-0.1, -0.05) is 20.8 Å². The largest absolute Gasteiger partial charge is 0.449 e. The van der Waals surface area contributed by atoms with Crippen molar-refractivity contribution in [3.63, 3.8) is 0 Å². The van der Waals surface area contributed by atoms with Crippen molar-refractivity contribution in [3.05, 3.63) is 18.0 Å². The molecule has 20 heavy (non-hydrogen) atoms. The first kappa shape index (κ1) is 13.3. The Morgan fingerprint density at radius 3 is 2.70 bits per heavy atom. The third-order valence-electron chi connectivity index (χ3n) is 4.32. The molecule has 0 fully saturated rings. The zero-order chi connectivity index (χ0) is 14.3. The third kappa shape index (κ3) is 2.37. The second-order valence-electron chi connectivity index (χ2n) is 6.73. The summed E-state index contributed by atoms with van der Waals surface area (Å²) in [5.74, 6) is 3.30. The molecule has 2 aromatic rings. The average Bonchev–Trinajstić information content (AvgIpc) is 2.88. The molecule has 3 heterocycles. The van der Waals surface area contributed by atoms with Crippen LogP contribution in [0.3, 0.4) is 0 Å².